The molecule has 0 spiro atoms. The topological polar surface area (TPSA) is 64.3 Å². The van der Waals surface area contributed by atoms with Crippen molar-refractivity contribution < 1.29 is 9.90 Å². The number of unbranched alkanes of at least 4 members (excludes halogenated alkanes) is 1. The molecule has 1 heterocycles. The van der Waals surface area contributed by atoms with Gasteiger partial charge in [-0.05, 0) is 30.0 Å². The third-order valence-electron chi connectivity index (χ3n) is 3.48. The molecular formula is C15H18N2O2. The molecule has 0 aromatic heterocycles. The van der Waals surface area contributed by atoms with E-state index in [1.807, 2.05) is 25.1 Å². The van der Waals surface area contributed by atoms with Crippen molar-refractivity contribution in [2.75, 3.05) is 11.4 Å². The highest BCUT2D eigenvalue weighted by Gasteiger charge is 2.27. The molecular weight excluding hydrogens is 240 g/mol. The summed E-state index contributed by atoms with van der Waals surface area (Å²) in [5.74, 6) is 0.0797. The van der Waals surface area contributed by atoms with Crippen LogP contribution in [0, 0.1) is 11.3 Å². The third kappa shape index (κ3) is 2.77. The molecule has 1 N–H and O–H groups in total. The number of rotatable bonds is 5. The molecule has 1 aromatic carbocycles. The minimum absolute atomic E-state index is 0.0797. The Morgan fingerprint density at radius 1 is 1.53 bits per heavy atom. The second-order valence-corrected chi connectivity index (χ2v) is 4.80. The van der Waals surface area contributed by atoms with Gasteiger partial charge in [0.15, 0.2) is 0 Å². The Bertz CT molecular complexity index is 519. The van der Waals surface area contributed by atoms with E-state index in [2.05, 4.69) is 6.07 Å². The zero-order valence-electron chi connectivity index (χ0n) is 11.1. The van der Waals surface area contributed by atoms with Gasteiger partial charge in [-0.2, -0.15) is 5.26 Å². The van der Waals surface area contributed by atoms with Gasteiger partial charge in [-0.15, -0.1) is 0 Å². The molecule has 1 unspecified atom stereocenters. The number of fused-ring (bicyclic) bond motifs is 1. The Kier molecular flexibility index (Phi) is 4.18. The Labute approximate surface area is 113 Å². The van der Waals surface area contributed by atoms with E-state index in [0.717, 1.165) is 16.8 Å². The fourth-order valence-corrected chi connectivity index (χ4v) is 2.41. The summed E-state index contributed by atoms with van der Waals surface area (Å²) in [5.41, 5.74) is 2.77. The van der Waals surface area contributed by atoms with Crippen molar-refractivity contribution in [2.24, 2.45) is 0 Å². The van der Waals surface area contributed by atoms with Crippen molar-refractivity contribution >= 4 is 11.6 Å². The van der Waals surface area contributed by atoms with E-state index < -0.39 is 6.10 Å². The smallest absolute Gasteiger partial charge is 0.231 e. The molecule has 0 bridgehead atoms. The number of nitrogens with zero attached hydrogens (tertiary/aromatic N) is 2. The quantitative estimate of drug-likeness (QED) is 0.824. The number of hydrogen-bond acceptors (Lipinski definition) is 3. The Balaban J connectivity index is 2.18. The molecule has 1 aromatic rings. The van der Waals surface area contributed by atoms with Crippen molar-refractivity contribution in [3.05, 3.63) is 29.3 Å². The zero-order valence-corrected chi connectivity index (χ0v) is 11.1. The first-order valence-corrected chi connectivity index (χ1v) is 6.65. The summed E-state index contributed by atoms with van der Waals surface area (Å²) in [6, 6.07) is 7.79. The summed E-state index contributed by atoms with van der Waals surface area (Å²) in [5, 5.41) is 18.4. The summed E-state index contributed by atoms with van der Waals surface area (Å²) in [6.07, 6.45) is 1.76. The Morgan fingerprint density at radius 2 is 2.32 bits per heavy atom. The van der Waals surface area contributed by atoms with Gasteiger partial charge in [-0.25, -0.2) is 0 Å². The maximum absolute atomic E-state index is 12.0. The molecule has 1 aliphatic rings. The van der Waals surface area contributed by atoms with Gasteiger partial charge in [0.05, 0.1) is 18.6 Å². The highest BCUT2D eigenvalue weighted by atomic mass is 16.3. The summed E-state index contributed by atoms with van der Waals surface area (Å²) in [6.45, 7) is 2.52. The lowest BCUT2D eigenvalue weighted by Crippen LogP contribution is -2.27. The average molecular weight is 258 g/mol. The molecule has 0 saturated carbocycles. The van der Waals surface area contributed by atoms with E-state index in [4.69, 9.17) is 5.26 Å². The number of nitriles is 1. The van der Waals surface area contributed by atoms with E-state index in [1.54, 1.807) is 4.90 Å². The number of benzene rings is 1. The molecule has 0 radical (unpaired) electrons. The molecule has 2 rings (SSSR count). The maximum atomic E-state index is 12.0. The van der Waals surface area contributed by atoms with Crippen LogP contribution >= 0.6 is 0 Å². The largest absolute Gasteiger partial charge is 0.388 e. The van der Waals surface area contributed by atoms with Crippen molar-refractivity contribution in [1.82, 2.24) is 0 Å². The van der Waals surface area contributed by atoms with Crippen molar-refractivity contribution in [1.29, 1.82) is 5.26 Å². The first kappa shape index (κ1) is 13.6. The molecule has 0 saturated heterocycles. The highest BCUT2D eigenvalue weighted by Crippen LogP contribution is 2.32. The predicted molar refractivity (Wildman–Crippen MR) is 72.6 cm³/mol. The van der Waals surface area contributed by atoms with E-state index in [9.17, 15) is 9.90 Å². The van der Waals surface area contributed by atoms with Gasteiger partial charge in [0.2, 0.25) is 5.91 Å². The number of anilines is 1. The molecule has 4 nitrogen and oxygen atoms in total. The van der Waals surface area contributed by atoms with Crippen LogP contribution in [0.25, 0.3) is 0 Å². The van der Waals surface area contributed by atoms with E-state index in [1.165, 1.54) is 0 Å². The van der Waals surface area contributed by atoms with Crippen molar-refractivity contribution in [3.8, 4) is 6.07 Å². The van der Waals surface area contributed by atoms with Gasteiger partial charge >= 0.3 is 0 Å². The zero-order chi connectivity index (χ0) is 13.8. The molecule has 19 heavy (non-hydrogen) atoms. The van der Waals surface area contributed by atoms with Crippen LogP contribution in [0.3, 0.4) is 0 Å². The van der Waals surface area contributed by atoms with Crippen LogP contribution in [-0.4, -0.2) is 17.6 Å². The Morgan fingerprint density at radius 3 is 3.00 bits per heavy atom. The molecule has 0 aliphatic carbocycles. The predicted octanol–water partition coefficient (Wildman–Crippen LogP) is 2.32. The lowest BCUT2D eigenvalue weighted by Gasteiger charge is -2.17. The monoisotopic (exact) mass is 258 g/mol. The maximum Gasteiger partial charge on any atom is 0.231 e. The van der Waals surface area contributed by atoms with Crippen LogP contribution in [-0.2, 0) is 11.2 Å². The number of amides is 1. The van der Waals surface area contributed by atoms with Gasteiger partial charge in [0.1, 0.15) is 0 Å². The molecule has 0 fully saturated rings. The number of hydrogen-bond donors (Lipinski definition) is 1. The van der Waals surface area contributed by atoms with Gasteiger partial charge in [0.25, 0.3) is 0 Å². The molecule has 4 heteroatoms. The normalized spacial score (nSPS) is 15.2. The standard InChI is InChI=1S/C15H18N2O2/c1-2-14(18)11-5-6-13-12(9-11)10-15(19)17(13)8-4-3-7-16/h5-6,9,14,18H,2-4,8,10H2,1H3. The molecule has 1 aliphatic heterocycles. The van der Waals surface area contributed by atoms with Gasteiger partial charge in [-0.3, -0.25) is 4.79 Å². The summed E-state index contributed by atoms with van der Waals surface area (Å²) >= 11 is 0. The fraction of sp³-hybridized carbons (Fsp3) is 0.467. The van der Waals surface area contributed by atoms with Crippen LogP contribution in [0.4, 0.5) is 5.69 Å². The number of aliphatic hydroxyl groups is 1. The number of carbonyl (C=O) groups is 1. The summed E-state index contributed by atoms with van der Waals surface area (Å²) in [4.78, 5) is 13.7. The number of aliphatic hydroxyl groups excluding tert-OH is 1. The van der Waals surface area contributed by atoms with Crippen LogP contribution in [0.15, 0.2) is 18.2 Å². The second kappa shape index (κ2) is 5.85. The fourth-order valence-electron chi connectivity index (χ4n) is 2.41. The van der Waals surface area contributed by atoms with Crippen LogP contribution in [0.5, 0.6) is 0 Å². The lowest BCUT2D eigenvalue weighted by molar-refractivity contribution is -0.117. The Hall–Kier alpha value is -1.86. The van der Waals surface area contributed by atoms with Crippen molar-refractivity contribution in [3.63, 3.8) is 0 Å². The highest BCUT2D eigenvalue weighted by molar-refractivity contribution is 6.01. The van der Waals surface area contributed by atoms with E-state index in [0.29, 0.717) is 32.2 Å². The third-order valence-corrected chi connectivity index (χ3v) is 3.48. The average Bonchev–Trinajstić information content (AvgIpc) is 2.73. The van der Waals surface area contributed by atoms with Crippen LogP contribution < -0.4 is 4.90 Å². The lowest BCUT2D eigenvalue weighted by atomic mass is 10.0. The van der Waals surface area contributed by atoms with E-state index >= 15 is 0 Å². The summed E-state index contributed by atoms with van der Waals surface area (Å²) < 4.78 is 0. The van der Waals surface area contributed by atoms with Gasteiger partial charge in [0, 0.05) is 18.7 Å². The molecule has 1 atom stereocenters. The van der Waals surface area contributed by atoms with Gasteiger partial charge < -0.3 is 10.0 Å². The first-order valence-electron chi connectivity index (χ1n) is 6.65. The van der Waals surface area contributed by atoms with Crippen molar-refractivity contribution in [2.45, 2.75) is 38.7 Å². The number of carbonyl (C=O) groups excluding carboxylic acids is 1. The SMILES string of the molecule is CCC(O)c1ccc2c(c1)CC(=O)N2CCCC#N. The summed E-state index contributed by atoms with van der Waals surface area (Å²) in [7, 11) is 0. The second-order valence-electron chi connectivity index (χ2n) is 4.80. The molecule has 100 valence electrons. The molecule has 1 amide bonds. The van der Waals surface area contributed by atoms with Gasteiger partial charge in [-0.1, -0.05) is 19.1 Å². The minimum atomic E-state index is -0.465. The minimum Gasteiger partial charge on any atom is -0.388 e. The van der Waals surface area contributed by atoms with E-state index in [-0.39, 0.29) is 5.91 Å². The first-order chi connectivity index (χ1) is 9.17. The van der Waals surface area contributed by atoms with Crippen LogP contribution in [0.2, 0.25) is 0 Å². The van der Waals surface area contributed by atoms with Crippen LogP contribution in [0.1, 0.15) is 43.4 Å².